The Balaban J connectivity index is 0.000000255. The number of hydrogen-bond acceptors (Lipinski definition) is 4. The van der Waals surface area contributed by atoms with E-state index in [9.17, 15) is 0 Å². The van der Waals surface area contributed by atoms with Crippen LogP contribution in [0.4, 0.5) is 0 Å². The molecule has 82 valence electrons. The van der Waals surface area contributed by atoms with Crippen LogP contribution in [0.15, 0.2) is 0 Å². The smallest absolute Gasteiger partial charge is 0.414 e. The van der Waals surface area contributed by atoms with Gasteiger partial charge in [0.25, 0.3) is 0 Å². The van der Waals surface area contributed by atoms with Crippen molar-refractivity contribution in [2.45, 2.75) is 25.9 Å². The van der Waals surface area contributed by atoms with Gasteiger partial charge in [-0.05, 0) is 13.8 Å². The van der Waals surface area contributed by atoms with E-state index in [1.54, 1.807) is 0 Å². The summed E-state index contributed by atoms with van der Waals surface area (Å²) in [5, 5.41) is 21.5. The zero-order chi connectivity index (χ0) is 11.1. The Hall–Kier alpha value is -1.14. The highest BCUT2D eigenvalue weighted by Crippen LogP contribution is 1.89. The number of nitrogens with one attached hydrogen (secondary N) is 2. The Kier molecular flexibility index (Phi) is 5.82. The van der Waals surface area contributed by atoms with E-state index in [0.29, 0.717) is 12.1 Å². The molecule has 0 bridgehead atoms. The lowest BCUT2D eigenvalue weighted by Crippen LogP contribution is -2.51. The molecule has 1 aliphatic rings. The lowest BCUT2D eigenvalue weighted by molar-refractivity contribution is -0.159. The standard InChI is InChI=1S/C6H14N2.C2H2O4/c1-5-3-8-6(2)4-7-5;3-1(4)2(5)6/h5-8H,3-4H2,1-2H3;(H,3,4)(H,5,6)/t5-,6+;. The van der Waals surface area contributed by atoms with Gasteiger partial charge in [-0.1, -0.05) is 0 Å². The average Bonchev–Trinajstić information content (AvgIpc) is 2.11. The van der Waals surface area contributed by atoms with Gasteiger partial charge in [0, 0.05) is 25.2 Å². The molecule has 4 N–H and O–H groups in total. The topological polar surface area (TPSA) is 98.7 Å². The molecule has 0 amide bonds. The van der Waals surface area contributed by atoms with Gasteiger partial charge in [-0.2, -0.15) is 0 Å². The third kappa shape index (κ3) is 6.38. The van der Waals surface area contributed by atoms with Crippen LogP contribution in [0.25, 0.3) is 0 Å². The second kappa shape index (κ2) is 6.33. The molecule has 0 aliphatic carbocycles. The minimum Gasteiger partial charge on any atom is -0.473 e. The summed E-state index contributed by atoms with van der Waals surface area (Å²) in [7, 11) is 0. The zero-order valence-electron chi connectivity index (χ0n) is 8.28. The fourth-order valence-corrected chi connectivity index (χ4v) is 0.900. The van der Waals surface area contributed by atoms with Crippen molar-refractivity contribution in [3.05, 3.63) is 0 Å². The summed E-state index contributed by atoms with van der Waals surface area (Å²) in [6.07, 6.45) is 0. The predicted molar refractivity (Wildman–Crippen MR) is 50.2 cm³/mol. The summed E-state index contributed by atoms with van der Waals surface area (Å²) in [6, 6.07) is 1.32. The molecule has 6 nitrogen and oxygen atoms in total. The summed E-state index contributed by atoms with van der Waals surface area (Å²) in [6.45, 7) is 6.61. The summed E-state index contributed by atoms with van der Waals surface area (Å²) >= 11 is 0. The lowest BCUT2D eigenvalue weighted by atomic mass is 10.2. The molecule has 1 fully saturated rings. The van der Waals surface area contributed by atoms with Crippen LogP contribution in [0, 0.1) is 0 Å². The van der Waals surface area contributed by atoms with E-state index in [2.05, 4.69) is 24.5 Å². The molecule has 0 spiro atoms. The molecule has 0 aromatic rings. The van der Waals surface area contributed by atoms with Crippen molar-refractivity contribution in [1.29, 1.82) is 0 Å². The van der Waals surface area contributed by atoms with E-state index in [4.69, 9.17) is 19.8 Å². The Bertz CT molecular complexity index is 178. The fraction of sp³-hybridized carbons (Fsp3) is 0.750. The summed E-state index contributed by atoms with van der Waals surface area (Å²) in [5.41, 5.74) is 0. The molecule has 0 aromatic heterocycles. The molecule has 1 aliphatic heterocycles. The zero-order valence-corrected chi connectivity index (χ0v) is 8.28. The number of carbonyl (C=O) groups is 2. The van der Waals surface area contributed by atoms with Crippen LogP contribution in [0.3, 0.4) is 0 Å². The maximum Gasteiger partial charge on any atom is 0.414 e. The molecule has 6 heteroatoms. The Morgan fingerprint density at radius 3 is 1.43 bits per heavy atom. The summed E-state index contributed by atoms with van der Waals surface area (Å²) in [5.74, 6) is -3.65. The van der Waals surface area contributed by atoms with Crippen molar-refractivity contribution in [2.75, 3.05) is 13.1 Å². The fourth-order valence-electron chi connectivity index (χ4n) is 0.900. The van der Waals surface area contributed by atoms with Crippen molar-refractivity contribution >= 4 is 11.9 Å². The first-order valence-electron chi connectivity index (χ1n) is 4.36. The van der Waals surface area contributed by atoms with Crippen molar-refractivity contribution in [3.63, 3.8) is 0 Å². The molecular formula is C8H16N2O4. The maximum atomic E-state index is 9.10. The molecular weight excluding hydrogens is 188 g/mol. The average molecular weight is 204 g/mol. The van der Waals surface area contributed by atoms with E-state index in [-0.39, 0.29) is 0 Å². The van der Waals surface area contributed by atoms with E-state index in [0.717, 1.165) is 13.1 Å². The van der Waals surface area contributed by atoms with Crippen LogP contribution in [0.5, 0.6) is 0 Å². The third-order valence-corrected chi connectivity index (χ3v) is 1.73. The van der Waals surface area contributed by atoms with E-state index in [1.807, 2.05) is 0 Å². The number of piperazine rings is 1. The van der Waals surface area contributed by atoms with Gasteiger partial charge in [0.1, 0.15) is 0 Å². The minimum absolute atomic E-state index is 0.659. The van der Waals surface area contributed by atoms with E-state index >= 15 is 0 Å². The molecule has 0 radical (unpaired) electrons. The van der Waals surface area contributed by atoms with Crippen molar-refractivity contribution in [2.24, 2.45) is 0 Å². The Morgan fingerprint density at radius 2 is 1.29 bits per heavy atom. The van der Waals surface area contributed by atoms with Gasteiger partial charge in [-0.25, -0.2) is 9.59 Å². The summed E-state index contributed by atoms with van der Waals surface area (Å²) < 4.78 is 0. The first-order valence-corrected chi connectivity index (χ1v) is 4.36. The molecule has 2 atom stereocenters. The normalized spacial score (nSPS) is 25.9. The molecule has 14 heavy (non-hydrogen) atoms. The van der Waals surface area contributed by atoms with Gasteiger partial charge in [0.2, 0.25) is 0 Å². The maximum absolute atomic E-state index is 9.10. The number of carboxylic acids is 2. The second-order valence-corrected chi connectivity index (χ2v) is 3.23. The van der Waals surface area contributed by atoms with Crippen LogP contribution in [-0.2, 0) is 9.59 Å². The van der Waals surface area contributed by atoms with Crippen molar-refractivity contribution in [3.8, 4) is 0 Å². The van der Waals surface area contributed by atoms with Crippen molar-refractivity contribution < 1.29 is 19.8 Å². The minimum atomic E-state index is -1.82. The molecule has 0 aromatic carbocycles. The number of aliphatic carboxylic acids is 2. The number of hydrogen-bond donors (Lipinski definition) is 4. The van der Waals surface area contributed by atoms with Crippen LogP contribution >= 0.6 is 0 Å². The van der Waals surface area contributed by atoms with E-state index in [1.165, 1.54) is 0 Å². The van der Waals surface area contributed by atoms with Gasteiger partial charge in [0.05, 0.1) is 0 Å². The lowest BCUT2D eigenvalue weighted by Gasteiger charge is -2.26. The molecule has 0 saturated carbocycles. The number of carboxylic acid groups (broad SMARTS) is 2. The SMILES string of the molecule is C[C@@H]1CN[C@@H](C)CN1.O=C(O)C(=O)O. The van der Waals surface area contributed by atoms with Gasteiger partial charge in [0.15, 0.2) is 0 Å². The van der Waals surface area contributed by atoms with Crippen LogP contribution in [0.2, 0.25) is 0 Å². The highest BCUT2D eigenvalue weighted by Gasteiger charge is 2.10. The van der Waals surface area contributed by atoms with Crippen molar-refractivity contribution in [1.82, 2.24) is 10.6 Å². The van der Waals surface area contributed by atoms with Gasteiger partial charge in [-0.15, -0.1) is 0 Å². The Morgan fingerprint density at radius 1 is 1.00 bits per heavy atom. The van der Waals surface area contributed by atoms with Crippen LogP contribution < -0.4 is 10.6 Å². The Labute approximate surface area is 82.3 Å². The largest absolute Gasteiger partial charge is 0.473 e. The van der Waals surface area contributed by atoms with Crippen LogP contribution in [-0.4, -0.2) is 47.3 Å². The van der Waals surface area contributed by atoms with Crippen LogP contribution in [0.1, 0.15) is 13.8 Å². The molecule has 1 saturated heterocycles. The van der Waals surface area contributed by atoms with Gasteiger partial charge in [-0.3, -0.25) is 0 Å². The quantitative estimate of drug-likeness (QED) is 0.382. The molecule has 0 unspecified atom stereocenters. The summed E-state index contributed by atoms with van der Waals surface area (Å²) in [4.78, 5) is 18.2. The first kappa shape index (κ1) is 12.9. The second-order valence-electron chi connectivity index (χ2n) is 3.23. The first-order chi connectivity index (χ1) is 6.43. The van der Waals surface area contributed by atoms with E-state index < -0.39 is 11.9 Å². The van der Waals surface area contributed by atoms with Gasteiger partial charge < -0.3 is 20.8 Å². The third-order valence-electron chi connectivity index (χ3n) is 1.73. The molecule has 1 heterocycles. The monoisotopic (exact) mass is 204 g/mol. The number of rotatable bonds is 0. The highest BCUT2D eigenvalue weighted by atomic mass is 16.4. The predicted octanol–water partition coefficient (Wildman–Crippen LogP) is -0.888. The highest BCUT2D eigenvalue weighted by molar-refractivity contribution is 6.27. The molecule has 1 rings (SSSR count). The van der Waals surface area contributed by atoms with Gasteiger partial charge >= 0.3 is 11.9 Å².